The van der Waals surface area contributed by atoms with Gasteiger partial charge in [0.15, 0.2) is 17.1 Å². The third kappa shape index (κ3) is 2.50. The first-order chi connectivity index (χ1) is 14.3. The number of rotatable bonds is 3. The van der Waals surface area contributed by atoms with Crippen LogP contribution in [0.5, 0.6) is 11.5 Å². The Morgan fingerprint density at radius 1 is 0.900 bits per heavy atom. The minimum atomic E-state index is -1.10. The first-order valence-electron chi connectivity index (χ1n) is 9.93. The highest BCUT2D eigenvalue weighted by Crippen LogP contribution is 2.59. The number of carbonyl (C=O) groups is 1. The highest BCUT2D eigenvalue weighted by Gasteiger charge is 2.51. The molecular formula is C26H22O4. The Morgan fingerprint density at radius 2 is 1.60 bits per heavy atom. The number of carbonyl (C=O) groups excluding carboxylic acids is 1. The van der Waals surface area contributed by atoms with E-state index >= 15 is 0 Å². The van der Waals surface area contributed by atoms with Gasteiger partial charge in [-0.2, -0.15) is 0 Å². The molecule has 3 aromatic carbocycles. The molecule has 30 heavy (non-hydrogen) atoms. The van der Waals surface area contributed by atoms with Gasteiger partial charge < -0.3 is 14.2 Å². The van der Waals surface area contributed by atoms with Gasteiger partial charge in [-0.3, -0.25) is 0 Å². The lowest BCUT2D eigenvalue weighted by atomic mass is 9.83. The minimum Gasteiger partial charge on any atom is -0.449 e. The standard InChI is InChI=1S/C26H22O4/c1-16(2)24(27)30-26(17-10-6-5-7-11-17)19-13-9-8-12-18(19)22-20(26)14-15-21-23(22)29-25(3,4)28-21/h5-15H,1H2,2-4H3. The molecule has 0 saturated carbocycles. The summed E-state index contributed by atoms with van der Waals surface area (Å²) in [5.74, 6) is 0.149. The Kier molecular flexibility index (Phi) is 3.84. The normalized spacial score (nSPS) is 19.7. The zero-order chi connectivity index (χ0) is 21.1. The summed E-state index contributed by atoms with van der Waals surface area (Å²) in [4.78, 5) is 12.9. The number of hydrogen-bond donors (Lipinski definition) is 0. The second-order valence-electron chi connectivity index (χ2n) is 8.18. The van der Waals surface area contributed by atoms with Crippen molar-refractivity contribution in [3.63, 3.8) is 0 Å². The van der Waals surface area contributed by atoms with Crippen LogP contribution in [0.25, 0.3) is 11.1 Å². The molecule has 1 heterocycles. The Hall–Kier alpha value is -3.53. The SMILES string of the molecule is C=C(C)C(=O)OC1(c2ccccc2)c2ccccc2-c2c1ccc1c2OC(C)(C)O1. The summed E-state index contributed by atoms with van der Waals surface area (Å²) in [5.41, 5.74) is 3.71. The second kappa shape index (κ2) is 6.23. The molecule has 1 aliphatic heterocycles. The smallest absolute Gasteiger partial charge is 0.334 e. The van der Waals surface area contributed by atoms with E-state index in [2.05, 4.69) is 6.58 Å². The molecule has 0 amide bonds. The molecule has 3 aromatic rings. The fraction of sp³-hybridized carbons (Fsp3) is 0.192. The van der Waals surface area contributed by atoms with Gasteiger partial charge in [-0.25, -0.2) is 4.79 Å². The Labute approximate surface area is 175 Å². The number of fused-ring (bicyclic) bond motifs is 5. The average Bonchev–Trinajstić information content (AvgIpc) is 3.20. The number of benzene rings is 3. The molecule has 4 nitrogen and oxygen atoms in total. The van der Waals surface area contributed by atoms with Gasteiger partial charge in [-0.15, -0.1) is 0 Å². The van der Waals surface area contributed by atoms with E-state index < -0.39 is 17.4 Å². The van der Waals surface area contributed by atoms with Gasteiger partial charge in [0.05, 0.1) is 0 Å². The summed E-state index contributed by atoms with van der Waals surface area (Å²) < 4.78 is 18.5. The summed E-state index contributed by atoms with van der Waals surface area (Å²) >= 11 is 0. The molecule has 0 bridgehead atoms. The number of esters is 1. The number of ether oxygens (including phenoxy) is 3. The van der Waals surface area contributed by atoms with Crippen molar-refractivity contribution in [2.45, 2.75) is 32.2 Å². The zero-order valence-electron chi connectivity index (χ0n) is 17.2. The van der Waals surface area contributed by atoms with Crippen molar-refractivity contribution in [2.24, 2.45) is 0 Å². The van der Waals surface area contributed by atoms with Gasteiger partial charge in [-0.1, -0.05) is 61.2 Å². The predicted molar refractivity (Wildman–Crippen MR) is 114 cm³/mol. The molecule has 150 valence electrons. The number of hydrogen-bond acceptors (Lipinski definition) is 4. The van der Waals surface area contributed by atoms with Crippen LogP contribution in [0.3, 0.4) is 0 Å². The van der Waals surface area contributed by atoms with Crippen LogP contribution in [-0.4, -0.2) is 11.8 Å². The van der Waals surface area contributed by atoms with Crippen LogP contribution < -0.4 is 9.47 Å². The van der Waals surface area contributed by atoms with Crippen molar-refractivity contribution in [3.8, 4) is 22.6 Å². The van der Waals surface area contributed by atoms with Gasteiger partial charge in [-0.05, 0) is 24.6 Å². The Bertz CT molecular complexity index is 1190. The lowest BCUT2D eigenvalue weighted by molar-refractivity contribution is -0.148. The highest BCUT2D eigenvalue weighted by atomic mass is 16.7. The van der Waals surface area contributed by atoms with E-state index in [0.29, 0.717) is 17.1 Å². The average molecular weight is 398 g/mol. The van der Waals surface area contributed by atoms with Gasteiger partial charge in [0.2, 0.25) is 5.79 Å². The minimum absolute atomic E-state index is 0.345. The third-order valence-corrected chi connectivity index (χ3v) is 5.55. The van der Waals surface area contributed by atoms with Crippen LogP contribution in [-0.2, 0) is 15.1 Å². The van der Waals surface area contributed by atoms with Crippen molar-refractivity contribution in [1.29, 1.82) is 0 Å². The maximum atomic E-state index is 12.9. The van der Waals surface area contributed by atoms with E-state index in [0.717, 1.165) is 27.8 Å². The van der Waals surface area contributed by atoms with E-state index in [-0.39, 0.29) is 0 Å². The quantitative estimate of drug-likeness (QED) is 0.426. The Morgan fingerprint density at radius 3 is 2.33 bits per heavy atom. The molecule has 1 unspecified atom stereocenters. The molecule has 0 saturated heterocycles. The molecule has 0 radical (unpaired) electrons. The van der Waals surface area contributed by atoms with Gasteiger partial charge in [0.1, 0.15) is 0 Å². The molecule has 1 atom stereocenters. The van der Waals surface area contributed by atoms with Crippen LogP contribution in [0, 0.1) is 0 Å². The van der Waals surface area contributed by atoms with E-state index in [1.165, 1.54) is 0 Å². The second-order valence-corrected chi connectivity index (χ2v) is 8.18. The van der Waals surface area contributed by atoms with Gasteiger partial charge in [0.25, 0.3) is 0 Å². The van der Waals surface area contributed by atoms with Gasteiger partial charge in [0, 0.05) is 41.7 Å². The van der Waals surface area contributed by atoms with Crippen LogP contribution in [0.15, 0.2) is 78.9 Å². The van der Waals surface area contributed by atoms with Crippen molar-refractivity contribution in [2.75, 3.05) is 0 Å². The zero-order valence-corrected chi connectivity index (χ0v) is 17.2. The molecule has 0 spiro atoms. The molecule has 0 aromatic heterocycles. The van der Waals surface area contributed by atoms with Crippen LogP contribution in [0.4, 0.5) is 0 Å². The summed E-state index contributed by atoms with van der Waals surface area (Å²) in [5, 5.41) is 0. The van der Waals surface area contributed by atoms with Crippen molar-refractivity contribution in [1.82, 2.24) is 0 Å². The summed E-state index contributed by atoms with van der Waals surface area (Å²) in [6, 6.07) is 21.6. The van der Waals surface area contributed by atoms with E-state index in [1.807, 2.05) is 80.6 Å². The fourth-order valence-electron chi connectivity index (χ4n) is 4.37. The van der Waals surface area contributed by atoms with Crippen molar-refractivity contribution < 1.29 is 19.0 Å². The Balaban J connectivity index is 1.86. The largest absolute Gasteiger partial charge is 0.449 e. The molecule has 0 N–H and O–H groups in total. The first kappa shape index (κ1) is 18.5. The summed E-state index contributed by atoms with van der Waals surface area (Å²) in [6.45, 7) is 9.21. The lowest BCUT2D eigenvalue weighted by Crippen LogP contribution is -2.33. The third-order valence-electron chi connectivity index (χ3n) is 5.55. The van der Waals surface area contributed by atoms with E-state index in [9.17, 15) is 4.79 Å². The molecular weight excluding hydrogens is 376 g/mol. The maximum Gasteiger partial charge on any atom is 0.334 e. The predicted octanol–water partition coefficient (Wildman–Crippen LogP) is 5.59. The molecule has 1 aliphatic carbocycles. The maximum absolute atomic E-state index is 12.9. The molecule has 0 fully saturated rings. The van der Waals surface area contributed by atoms with E-state index in [1.54, 1.807) is 6.92 Å². The topological polar surface area (TPSA) is 44.8 Å². The first-order valence-corrected chi connectivity index (χ1v) is 9.93. The fourth-order valence-corrected chi connectivity index (χ4v) is 4.37. The van der Waals surface area contributed by atoms with Crippen LogP contribution >= 0.6 is 0 Å². The van der Waals surface area contributed by atoms with Crippen molar-refractivity contribution >= 4 is 5.97 Å². The molecule has 2 aliphatic rings. The van der Waals surface area contributed by atoms with Crippen LogP contribution in [0.1, 0.15) is 37.5 Å². The molecule has 5 rings (SSSR count). The molecule has 4 heteroatoms. The highest BCUT2D eigenvalue weighted by molar-refractivity contribution is 5.92. The summed E-state index contributed by atoms with van der Waals surface area (Å²) in [7, 11) is 0. The van der Waals surface area contributed by atoms with Gasteiger partial charge >= 0.3 is 5.97 Å². The lowest BCUT2D eigenvalue weighted by Gasteiger charge is -2.32. The van der Waals surface area contributed by atoms with E-state index in [4.69, 9.17) is 14.2 Å². The monoisotopic (exact) mass is 398 g/mol. The van der Waals surface area contributed by atoms with Crippen molar-refractivity contribution in [3.05, 3.63) is 95.6 Å². The van der Waals surface area contributed by atoms with Crippen LogP contribution in [0.2, 0.25) is 0 Å². The summed E-state index contributed by atoms with van der Waals surface area (Å²) in [6.07, 6.45) is 0.